The van der Waals surface area contributed by atoms with Crippen LogP contribution >= 0.6 is 0 Å². The first-order valence-corrected chi connectivity index (χ1v) is 7.71. The van der Waals surface area contributed by atoms with E-state index in [-0.39, 0.29) is 12.0 Å². The fraction of sp³-hybridized carbons (Fsp3) is 0.933. The van der Waals surface area contributed by atoms with Crippen LogP contribution < -0.4 is 0 Å². The highest BCUT2D eigenvalue weighted by Crippen LogP contribution is 2.20. The molecule has 0 spiro atoms. The third-order valence-electron chi connectivity index (χ3n) is 4.38. The monoisotopic (exact) mass is 284 g/mol. The van der Waals surface area contributed by atoms with Gasteiger partial charge in [0.1, 0.15) is 0 Å². The molecule has 1 amide bonds. The summed E-state index contributed by atoms with van der Waals surface area (Å²) in [5.41, 5.74) is 0. The van der Waals surface area contributed by atoms with Crippen molar-refractivity contribution >= 4 is 5.91 Å². The predicted molar refractivity (Wildman–Crippen MR) is 77.6 cm³/mol. The largest absolute Gasteiger partial charge is 0.378 e. The van der Waals surface area contributed by atoms with Crippen LogP contribution in [0.4, 0.5) is 0 Å². The zero-order valence-electron chi connectivity index (χ0n) is 13.0. The van der Waals surface area contributed by atoms with E-state index in [4.69, 9.17) is 9.47 Å². The molecule has 2 rings (SSSR count). The second-order valence-electron chi connectivity index (χ2n) is 6.27. The summed E-state index contributed by atoms with van der Waals surface area (Å²) in [4.78, 5) is 16.3. The van der Waals surface area contributed by atoms with Crippen LogP contribution in [-0.2, 0) is 14.3 Å². The van der Waals surface area contributed by atoms with Crippen LogP contribution in [0.5, 0.6) is 0 Å². The van der Waals surface area contributed by atoms with Gasteiger partial charge in [-0.25, -0.2) is 0 Å². The van der Waals surface area contributed by atoms with Gasteiger partial charge in [0.05, 0.1) is 25.7 Å². The molecule has 2 heterocycles. The van der Waals surface area contributed by atoms with Crippen LogP contribution in [0.15, 0.2) is 0 Å². The van der Waals surface area contributed by atoms with Crippen LogP contribution in [0.3, 0.4) is 0 Å². The van der Waals surface area contributed by atoms with Crippen molar-refractivity contribution in [3.63, 3.8) is 0 Å². The normalized spacial score (nSPS) is 30.4. The highest BCUT2D eigenvalue weighted by atomic mass is 16.5. The highest BCUT2D eigenvalue weighted by Gasteiger charge is 2.33. The van der Waals surface area contributed by atoms with Crippen LogP contribution in [0.25, 0.3) is 0 Å². The Morgan fingerprint density at radius 1 is 1.40 bits per heavy atom. The molecule has 0 aliphatic carbocycles. The van der Waals surface area contributed by atoms with E-state index in [1.54, 1.807) is 0 Å². The molecule has 0 unspecified atom stereocenters. The number of rotatable bonds is 6. The number of nitrogens with zero attached hydrogens (tertiary/aromatic N) is 2. The van der Waals surface area contributed by atoms with Gasteiger partial charge in [-0.05, 0) is 32.9 Å². The van der Waals surface area contributed by atoms with Crippen molar-refractivity contribution in [2.24, 2.45) is 5.92 Å². The lowest BCUT2D eigenvalue weighted by atomic mass is 10.1. The molecule has 0 radical (unpaired) electrons. The Bertz CT molecular complexity index is 316. The molecular weight excluding hydrogens is 256 g/mol. The molecule has 0 aromatic rings. The topological polar surface area (TPSA) is 42.0 Å². The quantitative estimate of drug-likeness (QED) is 0.682. The van der Waals surface area contributed by atoms with Gasteiger partial charge in [0.2, 0.25) is 5.91 Å². The molecule has 116 valence electrons. The number of likely N-dealkylation sites (N-methyl/N-ethyl adjacent to an activating group) is 1. The van der Waals surface area contributed by atoms with E-state index in [2.05, 4.69) is 25.9 Å². The Hall–Kier alpha value is -0.650. The lowest BCUT2D eigenvalue weighted by Gasteiger charge is -2.22. The van der Waals surface area contributed by atoms with Gasteiger partial charge in [-0.2, -0.15) is 0 Å². The van der Waals surface area contributed by atoms with Crippen LogP contribution in [0.1, 0.15) is 26.2 Å². The first-order chi connectivity index (χ1) is 9.58. The molecule has 0 aromatic heterocycles. The maximum atomic E-state index is 12.2. The van der Waals surface area contributed by atoms with Gasteiger partial charge in [0.25, 0.3) is 0 Å². The number of likely N-dealkylation sites (tertiary alicyclic amines) is 1. The average molecular weight is 284 g/mol. The third kappa shape index (κ3) is 4.17. The van der Waals surface area contributed by atoms with Crippen molar-refractivity contribution in [3.05, 3.63) is 0 Å². The van der Waals surface area contributed by atoms with E-state index >= 15 is 0 Å². The highest BCUT2D eigenvalue weighted by molar-refractivity contribution is 5.76. The molecule has 0 aromatic carbocycles. The molecule has 5 nitrogen and oxygen atoms in total. The fourth-order valence-electron chi connectivity index (χ4n) is 3.13. The minimum Gasteiger partial charge on any atom is -0.378 e. The second kappa shape index (κ2) is 7.38. The Labute approximate surface area is 122 Å². The van der Waals surface area contributed by atoms with Gasteiger partial charge in [-0.3, -0.25) is 4.79 Å². The number of carbonyl (C=O) groups excluding carboxylic acids is 1. The van der Waals surface area contributed by atoms with E-state index in [0.717, 1.165) is 32.5 Å². The molecule has 5 heteroatoms. The Kier molecular flexibility index (Phi) is 5.81. The van der Waals surface area contributed by atoms with Crippen LogP contribution in [0, 0.1) is 5.92 Å². The summed E-state index contributed by atoms with van der Waals surface area (Å²) in [7, 11) is 4.17. The molecule has 20 heavy (non-hydrogen) atoms. The Morgan fingerprint density at radius 3 is 2.80 bits per heavy atom. The number of amides is 1. The van der Waals surface area contributed by atoms with Gasteiger partial charge in [0, 0.05) is 25.7 Å². The van der Waals surface area contributed by atoms with Crippen LogP contribution in [0.2, 0.25) is 0 Å². The zero-order chi connectivity index (χ0) is 14.5. The summed E-state index contributed by atoms with van der Waals surface area (Å²) in [5, 5.41) is 0. The lowest BCUT2D eigenvalue weighted by Crippen LogP contribution is -2.36. The summed E-state index contributed by atoms with van der Waals surface area (Å²) in [5.74, 6) is 0.760. The number of ether oxygens (including phenoxy) is 2. The van der Waals surface area contributed by atoms with Crippen molar-refractivity contribution < 1.29 is 14.3 Å². The minimum atomic E-state index is 0.216. The maximum absolute atomic E-state index is 12.2. The van der Waals surface area contributed by atoms with E-state index in [1.165, 1.54) is 0 Å². The number of hydrogen-bond acceptors (Lipinski definition) is 4. The minimum absolute atomic E-state index is 0.216. The Balaban J connectivity index is 1.62. The maximum Gasteiger partial charge on any atom is 0.224 e. The van der Waals surface area contributed by atoms with Gasteiger partial charge in [-0.15, -0.1) is 0 Å². The first-order valence-electron chi connectivity index (χ1n) is 7.71. The van der Waals surface area contributed by atoms with E-state index < -0.39 is 0 Å². The molecular formula is C15H28N2O3. The van der Waals surface area contributed by atoms with E-state index in [9.17, 15) is 4.79 Å². The fourth-order valence-corrected chi connectivity index (χ4v) is 3.13. The SMILES string of the molecule is C[C@@H]1CN(C(=O)CCOC[C@H]2CCCO2)C[C@H]1N(C)C. The van der Waals surface area contributed by atoms with Gasteiger partial charge in [-0.1, -0.05) is 6.92 Å². The molecule has 0 bridgehead atoms. The van der Waals surface area contributed by atoms with Crippen molar-refractivity contribution in [2.45, 2.75) is 38.3 Å². The van der Waals surface area contributed by atoms with Crippen molar-refractivity contribution in [2.75, 3.05) is 47.0 Å². The Morgan fingerprint density at radius 2 is 2.20 bits per heavy atom. The van der Waals surface area contributed by atoms with Gasteiger partial charge < -0.3 is 19.3 Å². The molecule has 2 aliphatic rings. The van der Waals surface area contributed by atoms with Crippen molar-refractivity contribution in [1.82, 2.24) is 9.80 Å². The average Bonchev–Trinajstić information content (AvgIpc) is 3.03. The van der Waals surface area contributed by atoms with Crippen molar-refractivity contribution in [3.8, 4) is 0 Å². The van der Waals surface area contributed by atoms with E-state index in [1.807, 2.05) is 4.90 Å². The summed E-state index contributed by atoms with van der Waals surface area (Å²) < 4.78 is 11.1. The molecule has 2 fully saturated rings. The van der Waals surface area contributed by atoms with Gasteiger partial charge in [0.15, 0.2) is 0 Å². The summed E-state index contributed by atoms with van der Waals surface area (Å²) >= 11 is 0. The number of hydrogen-bond donors (Lipinski definition) is 0. The first kappa shape index (κ1) is 15.7. The van der Waals surface area contributed by atoms with E-state index in [0.29, 0.717) is 31.6 Å². The lowest BCUT2D eigenvalue weighted by molar-refractivity contribution is -0.131. The molecule has 0 saturated carbocycles. The molecule has 2 aliphatic heterocycles. The third-order valence-corrected chi connectivity index (χ3v) is 4.38. The standard InChI is InChI=1S/C15H28N2O3/c1-12-9-17(10-14(12)16(2)3)15(18)6-8-19-11-13-5-4-7-20-13/h12-14H,4-11H2,1-3H3/t12-,13-,14-/m1/s1. The molecule has 3 atom stereocenters. The van der Waals surface area contributed by atoms with Crippen LogP contribution in [-0.4, -0.2) is 74.9 Å². The molecule has 0 N–H and O–H groups in total. The predicted octanol–water partition coefficient (Wildman–Crippen LogP) is 0.981. The van der Waals surface area contributed by atoms with Crippen molar-refractivity contribution in [1.29, 1.82) is 0 Å². The second-order valence-corrected chi connectivity index (χ2v) is 6.27. The van der Waals surface area contributed by atoms with Gasteiger partial charge >= 0.3 is 0 Å². The summed E-state index contributed by atoms with van der Waals surface area (Å²) in [6, 6.07) is 0.478. The molecule has 2 saturated heterocycles. The summed E-state index contributed by atoms with van der Waals surface area (Å²) in [6.45, 7) is 5.92. The zero-order valence-corrected chi connectivity index (χ0v) is 13.0. The summed E-state index contributed by atoms with van der Waals surface area (Å²) in [6.07, 6.45) is 2.95. The number of carbonyl (C=O) groups is 1. The smallest absolute Gasteiger partial charge is 0.224 e.